The third-order valence-electron chi connectivity index (χ3n) is 4.76. The average Bonchev–Trinajstić information content (AvgIpc) is 3.08. The van der Waals surface area contributed by atoms with Gasteiger partial charge >= 0.3 is 0 Å². The van der Waals surface area contributed by atoms with Crippen molar-refractivity contribution >= 4 is 6.47 Å². The molecule has 0 bridgehead atoms. The Kier molecular flexibility index (Phi) is 4.06. The minimum Gasteiger partial charge on any atom is -0.468 e. The van der Waals surface area contributed by atoms with Gasteiger partial charge in [0.1, 0.15) is 0 Å². The molecule has 0 radical (unpaired) electrons. The summed E-state index contributed by atoms with van der Waals surface area (Å²) in [5.41, 5.74) is 1.35. The molecule has 1 aromatic rings. The number of rotatable bonds is 5. The van der Waals surface area contributed by atoms with E-state index in [0.29, 0.717) is 19.0 Å². The van der Waals surface area contributed by atoms with E-state index < -0.39 is 0 Å². The summed E-state index contributed by atoms with van der Waals surface area (Å²) in [6, 6.07) is 10.5. The molecular formula is C17H22O3. The maximum absolute atomic E-state index is 10.3. The Labute approximate surface area is 120 Å². The number of carbonyl (C=O) groups excluding carboxylic acids is 1. The molecule has 0 N–H and O–H groups in total. The summed E-state index contributed by atoms with van der Waals surface area (Å²) in [7, 11) is 0. The lowest BCUT2D eigenvalue weighted by molar-refractivity contribution is -0.129. The predicted molar refractivity (Wildman–Crippen MR) is 76.2 cm³/mol. The Morgan fingerprint density at radius 1 is 1.25 bits per heavy atom. The maximum Gasteiger partial charge on any atom is 0.293 e. The first-order valence-corrected chi connectivity index (χ1v) is 7.61. The van der Waals surface area contributed by atoms with E-state index in [9.17, 15) is 4.79 Å². The molecule has 1 aliphatic heterocycles. The van der Waals surface area contributed by atoms with Crippen LogP contribution in [0.4, 0.5) is 0 Å². The largest absolute Gasteiger partial charge is 0.468 e. The molecule has 0 aromatic heterocycles. The highest BCUT2D eigenvalue weighted by atomic mass is 16.5. The van der Waals surface area contributed by atoms with E-state index in [4.69, 9.17) is 9.47 Å². The second-order valence-electron chi connectivity index (χ2n) is 6.06. The molecule has 1 aliphatic carbocycles. The van der Waals surface area contributed by atoms with Crippen molar-refractivity contribution in [2.75, 3.05) is 6.61 Å². The zero-order valence-electron chi connectivity index (χ0n) is 11.8. The van der Waals surface area contributed by atoms with Crippen LogP contribution in [0.15, 0.2) is 30.3 Å². The summed E-state index contributed by atoms with van der Waals surface area (Å²) in [6.45, 7) is 1.04. The van der Waals surface area contributed by atoms with Gasteiger partial charge in [-0.3, -0.25) is 4.79 Å². The molecular weight excluding hydrogens is 252 g/mol. The highest BCUT2D eigenvalue weighted by Crippen LogP contribution is 2.52. The van der Waals surface area contributed by atoms with Crippen molar-refractivity contribution in [2.45, 2.75) is 50.2 Å². The lowest BCUT2D eigenvalue weighted by Crippen LogP contribution is -2.23. The average molecular weight is 274 g/mol. The van der Waals surface area contributed by atoms with Gasteiger partial charge in [-0.05, 0) is 37.2 Å². The topological polar surface area (TPSA) is 35.5 Å². The summed E-state index contributed by atoms with van der Waals surface area (Å²) < 4.78 is 11.4. The van der Waals surface area contributed by atoms with Crippen molar-refractivity contribution in [3.63, 3.8) is 0 Å². The molecule has 0 amide bonds. The van der Waals surface area contributed by atoms with Crippen LogP contribution in [0.2, 0.25) is 0 Å². The van der Waals surface area contributed by atoms with Crippen LogP contribution >= 0.6 is 0 Å². The molecule has 1 spiro atoms. The zero-order chi connectivity index (χ0) is 13.8. The fourth-order valence-corrected chi connectivity index (χ4v) is 3.84. The van der Waals surface area contributed by atoms with Crippen molar-refractivity contribution < 1.29 is 14.3 Å². The molecule has 2 aliphatic rings. The molecule has 108 valence electrons. The smallest absolute Gasteiger partial charge is 0.293 e. The standard InChI is InChI=1S/C17H22O3/c18-13-19-11-8-15-12-17(9-4-5-10-17)20-16(15)14-6-2-1-3-7-14/h1-3,6-7,13,15-16H,4-5,8-12H2/t15-,16+/m1/s1. The predicted octanol–water partition coefficient (Wildman–Crippen LogP) is 3.64. The van der Waals surface area contributed by atoms with Gasteiger partial charge in [-0.1, -0.05) is 43.2 Å². The van der Waals surface area contributed by atoms with Crippen molar-refractivity contribution in [2.24, 2.45) is 5.92 Å². The molecule has 1 saturated carbocycles. The third kappa shape index (κ3) is 2.73. The van der Waals surface area contributed by atoms with Gasteiger partial charge < -0.3 is 9.47 Å². The molecule has 20 heavy (non-hydrogen) atoms. The first-order valence-electron chi connectivity index (χ1n) is 7.61. The van der Waals surface area contributed by atoms with Gasteiger partial charge in [-0.15, -0.1) is 0 Å². The summed E-state index contributed by atoms with van der Waals surface area (Å²) in [5, 5.41) is 0. The van der Waals surface area contributed by atoms with Crippen molar-refractivity contribution in [3.05, 3.63) is 35.9 Å². The number of carbonyl (C=O) groups is 1. The van der Waals surface area contributed by atoms with Gasteiger partial charge in [-0.2, -0.15) is 0 Å². The first kappa shape index (κ1) is 13.6. The van der Waals surface area contributed by atoms with Crippen LogP contribution in [0.25, 0.3) is 0 Å². The number of benzene rings is 1. The fourth-order valence-electron chi connectivity index (χ4n) is 3.84. The molecule has 0 unspecified atom stereocenters. The van der Waals surface area contributed by atoms with Crippen molar-refractivity contribution in [1.29, 1.82) is 0 Å². The Balaban J connectivity index is 1.75. The van der Waals surface area contributed by atoms with Gasteiger partial charge in [0.2, 0.25) is 0 Å². The fraction of sp³-hybridized carbons (Fsp3) is 0.588. The number of hydrogen-bond donors (Lipinski definition) is 0. The molecule has 2 fully saturated rings. The van der Waals surface area contributed by atoms with Crippen LogP contribution in [0.3, 0.4) is 0 Å². The molecule has 1 heterocycles. The molecule has 2 atom stereocenters. The molecule has 1 aromatic carbocycles. The zero-order valence-corrected chi connectivity index (χ0v) is 11.8. The van der Waals surface area contributed by atoms with E-state index in [2.05, 4.69) is 24.3 Å². The second-order valence-corrected chi connectivity index (χ2v) is 6.06. The van der Waals surface area contributed by atoms with Crippen LogP contribution in [0.5, 0.6) is 0 Å². The number of hydrogen-bond acceptors (Lipinski definition) is 3. The Morgan fingerprint density at radius 3 is 2.70 bits per heavy atom. The quantitative estimate of drug-likeness (QED) is 0.607. The molecule has 3 rings (SSSR count). The summed E-state index contributed by atoms with van der Waals surface area (Å²) in [4.78, 5) is 10.3. The monoisotopic (exact) mass is 274 g/mol. The summed E-state index contributed by atoms with van der Waals surface area (Å²) in [6.07, 6.45) is 7.07. The first-order chi connectivity index (χ1) is 9.83. The van der Waals surface area contributed by atoms with E-state index in [1.807, 2.05) is 6.07 Å². The lowest BCUT2D eigenvalue weighted by Gasteiger charge is -2.23. The maximum atomic E-state index is 10.3. The van der Waals surface area contributed by atoms with Crippen LogP contribution in [-0.4, -0.2) is 18.7 Å². The van der Waals surface area contributed by atoms with Gasteiger partial charge in [0, 0.05) is 0 Å². The van der Waals surface area contributed by atoms with Crippen LogP contribution in [0, 0.1) is 5.92 Å². The van der Waals surface area contributed by atoms with Gasteiger partial charge in [0.25, 0.3) is 6.47 Å². The second kappa shape index (κ2) is 5.96. The minimum absolute atomic E-state index is 0.0896. The van der Waals surface area contributed by atoms with Crippen LogP contribution in [-0.2, 0) is 14.3 Å². The summed E-state index contributed by atoms with van der Waals surface area (Å²) >= 11 is 0. The Bertz CT molecular complexity index is 437. The SMILES string of the molecule is O=COCC[C@@H]1CC2(CCCC2)O[C@H]1c1ccccc1. The Hall–Kier alpha value is -1.35. The third-order valence-corrected chi connectivity index (χ3v) is 4.76. The molecule has 3 heteroatoms. The normalized spacial score (nSPS) is 27.8. The highest BCUT2D eigenvalue weighted by Gasteiger charge is 2.47. The lowest BCUT2D eigenvalue weighted by atomic mass is 9.86. The van der Waals surface area contributed by atoms with E-state index >= 15 is 0 Å². The molecule has 1 saturated heterocycles. The van der Waals surface area contributed by atoms with Gasteiger partial charge in [0.15, 0.2) is 0 Å². The van der Waals surface area contributed by atoms with E-state index in [-0.39, 0.29) is 11.7 Å². The minimum atomic E-state index is 0.0896. The Morgan fingerprint density at radius 2 is 2.00 bits per heavy atom. The number of ether oxygens (including phenoxy) is 2. The van der Waals surface area contributed by atoms with E-state index in [0.717, 1.165) is 12.8 Å². The summed E-state index contributed by atoms with van der Waals surface area (Å²) in [5.74, 6) is 0.454. The van der Waals surface area contributed by atoms with Crippen LogP contribution < -0.4 is 0 Å². The van der Waals surface area contributed by atoms with Crippen LogP contribution in [0.1, 0.15) is 50.2 Å². The van der Waals surface area contributed by atoms with Gasteiger partial charge in [0.05, 0.1) is 18.3 Å². The van der Waals surface area contributed by atoms with Crippen molar-refractivity contribution in [3.8, 4) is 0 Å². The van der Waals surface area contributed by atoms with E-state index in [1.165, 1.54) is 31.2 Å². The van der Waals surface area contributed by atoms with E-state index in [1.54, 1.807) is 0 Å². The van der Waals surface area contributed by atoms with Crippen molar-refractivity contribution in [1.82, 2.24) is 0 Å². The van der Waals surface area contributed by atoms with Gasteiger partial charge in [-0.25, -0.2) is 0 Å². The molecule has 3 nitrogen and oxygen atoms in total. The highest BCUT2D eigenvalue weighted by molar-refractivity contribution is 5.36.